The van der Waals surface area contributed by atoms with Gasteiger partial charge >= 0.3 is 5.97 Å². The first-order chi connectivity index (χ1) is 10.0. The van der Waals surface area contributed by atoms with Gasteiger partial charge in [0.15, 0.2) is 0 Å². The van der Waals surface area contributed by atoms with Crippen molar-refractivity contribution in [2.24, 2.45) is 0 Å². The average Bonchev–Trinajstić information content (AvgIpc) is 2.47. The lowest BCUT2D eigenvalue weighted by atomic mass is 9.99. The van der Waals surface area contributed by atoms with Crippen LogP contribution in [-0.4, -0.2) is 23.2 Å². The Hall–Kier alpha value is -2.11. The summed E-state index contributed by atoms with van der Waals surface area (Å²) in [4.78, 5) is 16.1. The first-order valence-corrected chi connectivity index (χ1v) is 6.63. The third-order valence-corrected chi connectivity index (χ3v) is 3.58. The van der Waals surface area contributed by atoms with E-state index in [-0.39, 0.29) is 0 Å². The highest BCUT2D eigenvalue weighted by atomic mass is 35.5. The number of pyridine rings is 1. The van der Waals surface area contributed by atoms with Crippen molar-refractivity contribution in [3.05, 3.63) is 46.1 Å². The number of hydrogen-bond donors (Lipinski definition) is 1. The van der Waals surface area contributed by atoms with E-state index < -0.39 is 12.3 Å². The summed E-state index contributed by atoms with van der Waals surface area (Å²) in [5.41, 5.74) is 2.46. The van der Waals surface area contributed by atoms with E-state index >= 15 is 0 Å². The van der Waals surface area contributed by atoms with Gasteiger partial charge in [0.05, 0.1) is 24.1 Å². The Morgan fingerprint density at radius 1 is 1.43 bits per heavy atom. The van der Waals surface area contributed by atoms with Crippen molar-refractivity contribution in [3.8, 4) is 17.0 Å². The van der Waals surface area contributed by atoms with E-state index in [1.165, 1.54) is 13.2 Å². The largest absolute Gasteiger partial charge is 0.465 e. The van der Waals surface area contributed by atoms with Gasteiger partial charge in [-0.1, -0.05) is 11.6 Å². The molecule has 1 aromatic heterocycles. The summed E-state index contributed by atoms with van der Waals surface area (Å²) in [6.07, 6.45) is -1.19. The topological polar surface area (TPSA) is 68.7 Å². The summed E-state index contributed by atoms with van der Waals surface area (Å²) in [5.74, 6) is -0.0102. The first kappa shape index (κ1) is 13.9. The van der Waals surface area contributed by atoms with E-state index in [1.807, 2.05) is 0 Å². The van der Waals surface area contributed by atoms with Crippen LogP contribution < -0.4 is 4.74 Å². The summed E-state index contributed by atoms with van der Waals surface area (Å²) in [5, 5.41) is 10.6. The predicted octanol–water partition coefficient (Wildman–Crippen LogP) is 2.88. The molecule has 2 aromatic rings. The highest BCUT2D eigenvalue weighted by Crippen LogP contribution is 2.42. The SMILES string of the molecule is COC(=O)c1cc2c(nc1C)-c1cc(Cl)ccc1O[C@@H]2O. The van der Waals surface area contributed by atoms with Crippen molar-refractivity contribution < 1.29 is 19.4 Å². The fourth-order valence-corrected chi connectivity index (χ4v) is 2.49. The number of aryl methyl sites for hydroxylation is 1. The number of halogens is 1. The number of rotatable bonds is 1. The Bertz CT molecular complexity index is 745. The summed E-state index contributed by atoms with van der Waals surface area (Å²) >= 11 is 6.00. The van der Waals surface area contributed by atoms with Crippen LogP contribution in [0.1, 0.15) is 27.9 Å². The van der Waals surface area contributed by atoms with E-state index in [1.54, 1.807) is 25.1 Å². The highest BCUT2D eigenvalue weighted by Gasteiger charge is 2.28. The Morgan fingerprint density at radius 3 is 2.90 bits per heavy atom. The number of aliphatic hydroxyl groups excluding tert-OH is 1. The lowest BCUT2D eigenvalue weighted by Gasteiger charge is -2.25. The number of ether oxygens (including phenoxy) is 2. The first-order valence-electron chi connectivity index (χ1n) is 6.25. The number of hydrogen-bond acceptors (Lipinski definition) is 5. The molecule has 1 atom stereocenters. The number of methoxy groups -OCH3 is 1. The number of fused-ring (bicyclic) bond motifs is 3. The van der Waals surface area contributed by atoms with Crippen molar-refractivity contribution >= 4 is 17.6 Å². The zero-order valence-corrected chi connectivity index (χ0v) is 12.1. The van der Waals surface area contributed by atoms with E-state index in [9.17, 15) is 9.90 Å². The van der Waals surface area contributed by atoms with Crippen LogP contribution in [0.15, 0.2) is 24.3 Å². The minimum atomic E-state index is -1.19. The van der Waals surface area contributed by atoms with Gasteiger partial charge < -0.3 is 14.6 Å². The summed E-state index contributed by atoms with van der Waals surface area (Å²) in [6, 6.07) is 6.60. The number of nitrogens with zero attached hydrogens (tertiary/aromatic N) is 1. The van der Waals surface area contributed by atoms with Crippen LogP contribution in [0.3, 0.4) is 0 Å². The molecule has 0 unspecified atom stereocenters. The van der Waals surface area contributed by atoms with Crippen molar-refractivity contribution in [2.45, 2.75) is 13.2 Å². The molecule has 1 aliphatic heterocycles. The molecule has 0 amide bonds. The van der Waals surface area contributed by atoms with Crippen LogP contribution in [0.2, 0.25) is 5.02 Å². The van der Waals surface area contributed by atoms with Crippen molar-refractivity contribution in [1.82, 2.24) is 4.98 Å². The maximum absolute atomic E-state index is 11.7. The highest BCUT2D eigenvalue weighted by molar-refractivity contribution is 6.31. The fourth-order valence-electron chi connectivity index (χ4n) is 2.32. The van der Waals surface area contributed by atoms with Crippen LogP contribution in [0.5, 0.6) is 5.75 Å². The van der Waals surface area contributed by atoms with E-state index in [0.29, 0.717) is 38.9 Å². The number of esters is 1. The van der Waals surface area contributed by atoms with Gasteiger partial charge in [-0.25, -0.2) is 4.79 Å². The molecule has 0 radical (unpaired) electrons. The fraction of sp³-hybridized carbons (Fsp3) is 0.200. The summed E-state index contributed by atoms with van der Waals surface area (Å²) in [7, 11) is 1.29. The van der Waals surface area contributed by atoms with Gasteiger partial charge in [0.2, 0.25) is 6.29 Å². The van der Waals surface area contributed by atoms with Crippen LogP contribution >= 0.6 is 11.6 Å². The molecule has 1 aromatic carbocycles. The molecule has 21 heavy (non-hydrogen) atoms. The molecule has 1 N–H and O–H groups in total. The van der Waals surface area contributed by atoms with Crippen LogP contribution in [0.4, 0.5) is 0 Å². The smallest absolute Gasteiger partial charge is 0.339 e. The molecule has 0 fully saturated rings. The maximum Gasteiger partial charge on any atom is 0.339 e. The second-order valence-electron chi connectivity index (χ2n) is 4.66. The normalized spacial score (nSPS) is 15.7. The van der Waals surface area contributed by atoms with Gasteiger partial charge in [0, 0.05) is 16.1 Å². The molecule has 0 saturated carbocycles. The molecule has 0 spiro atoms. The third-order valence-electron chi connectivity index (χ3n) is 3.35. The number of carbonyl (C=O) groups excluding carboxylic acids is 1. The van der Waals surface area contributed by atoms with Crippen LogP contribution in [-0.2, 0) is 4.74 Å². The molecule has 0 saturated heterocycles. The second kappa shape index (κ2) is 5.02. The van der Waals surface area contributed by atoms with Crippen molar-refractivity contribution in [3.63, 3.8) is 0 Å². The molecule has 2 heterocycles. The average molecular weight is 306 g/mol. The van der Waals surface area contributed by atoms with Gasteiger partial charge in [-0.15, -0.1) is 0 Å². The summed E-state index contributed by atoms with van der Waals surface area (Å²) < 4.78 is 10.1. The molecule has 6 heteroatoms. The van der Waals surface area contributed by atoms with Crippen LogP contribution in [0, 0.1) is 6.92 Å². The number of benzene rings is 1. The number of aliphatic hydroxyl groups is 1. The predicted molar refractivity (Wildman–Crippen MR) is 76.3 cm³/mol. The van der Waals surface area contributed by atoms with Gasteiger partial charge in [-0.2, -0.15) is 0 Å². The Morgan fingerprint density at radius 2 is 2.19 bits per heavy atom. The molecule has 1 aliphatic rings. The van der Waals surface area contributed by atoms with E-state index in [2.05, 4.69) is 4.98 Å². The lowest BCUT2D eigenvalue weighted by molar-refractivity contribution is -0.0217. The Labute approximate surface area is 126 Å². The molecule has 108 valence electrons. The quantitative estimate of drug-likeness (QED) is 0.820. The van der Waals surface area contributed by atoms with Crippen molar-refractivity contribution in [1.29, 1.82) is 0 Å². The van der Waals surface area contributed by atoms with Gasteiger partial charge in [0.1, 0.15) is 5.75 Å². The molecule has 3 rings (SSSR count). The zero-order valence-electron chi connectivity index (χ0n) is 11.4. The number of aromatic nitrogens is 1. The zero-order chi connectivity index (χ0) is 15.1. The van der Waals surface area contributed by atoms with E-state index in [0.717, 1.165) is 0 Å². The van der Waals surface area contributed by atoms with Gasteiger partial charge in [-0.05, 0) is 31.2 Å². The second-order valence-corrected chi connectivity index (χ2v) is 5.10. The monoisotopic (exact) mass is 305 g/mol. The molecular formula is C15H12ClNO4. The minimum absolute atomic E-state index is 0.296. The number of carbonyl (C=O) groups is 1. The molecule has 5 nitrogen and oxygen atoms in total. The third kappa shape index (κ3) is 2.24. The Kier molecular flexibility index (Phi) is 3.31. The van der Waals surface area contributed by atoms with Gasteiger partial charge in [-0.3, -0.25) is 4.98 Å². The van der Waals surface area contributed by atoms with E-state index in [4.69, 9.17) is 21.1 Å². The van der Waals surface area contributed by atoms with Gasteiger partial charge in [0.25, 0.3) is 0 Å². The van der Waals surface area contributed by atoms with Crippen molar-refractivity contribution in [2.75, 3.05) is 7.11 Å². The molecule has 0 bridgehead atoms. The standard InChI is InChI=1S/C15H12ClNO4/c1-7-9(14(18)20-2)6-11-13(17-7)10-5-8(16)3-4-12(10)21-15(11)19/h3-6,15,19H,1-2H3/t15-/m0/s1. The Balaban J connectivity index is 2.24. The summed E-state index contributed by atoms with van der Waals surface area (Å²) in [6.45, 7) is 1.71. The lowest BCUT2D eigenvalue weighted by Crippen LogP contribution is -2.17. The van der Waals surface area contributed by atoms with Crippen LogP contribution in [0.25, 0.3) is 11.3 Å². The maximum atomic E-state index is 11.7. The molecular weight excluding hydrogens is 294 g/mol. The molecule has 0 aliphatic carbocycles. The minimum Gasteiger partial charge on any atom is -0.465 e.